The van der Waals surface area contributed by atoms with Crippen LogP contribution in [0.25, 0.3) is 0 Å². The van der Waals surface area contributed by atoms with Gasteiger partial charge in [-0.05, 0) is 75.7 Å². The van der Waals surface area contributed by atoms with E-state index in [0.717, 1.165) is 4.31 Å². The monoisotopic (exact) mass is 609 g/mol. The zero-order chi connectivity index (χ0) is 29.0. The first-order valence-electron chi connectivity index (χ1n) is 12.1. The minimum absolute atomic E-state index is 0.0104. The summed E-state index contributed by atoms with van der Waals surface area (Å²) in [5, 5.41) is 3.72. The standard InChI is InChI=1S/C28H30Cl3N3O4S/c1-19(27(36)32-28(2,3)4)33(17-20-9-8-10-21(29)15-20)26(35)18-34(22-13-14-24(30)25(31)16-22)39(37,38)23-11-6-5-7-12-23/h5-16,19H,17-18H2,1-4H3,(H,32,36)/t19-/m1/s1. The molecule has 0 aliphatic heterocycles. The lowest BCUT2D eigenvalue weighted by Crippen LogP contribution is -2.54. The number of halogens is 3. The van der Waals surface area contributed by atoms with Crippen molar-refractivity contribution in [3.8, 4) is 0 Å². The molecule has 0 heterocycles. The van der Waals surface area contributed by atoms with Gasteiger partial charge in [0.25, 0.3) is 10.0 Å². The summed E-state index contributed by atoms with van der Waals surface area (Å²) >= 11 is 18.5. The van der Waals surface area contributed by atoms with E-state index < -0.39 is 34.1 Å². The third kappa shape index (κ3) is 8.11. The Balaban J connectivity index is 2.05. The van der Waals surface area contributed by atoms with Crippen molar-refractivity contribution in [1.29, 1.82) is 0 Å². The summed E-state index contributed by atoms with van der Waals surface area (Å²) < 4.78 is 28.5. The molecule has 0 radical (unpaired) electrons. The molecule has 1 N–H and O–H groups in total. The van der Waals surface area contributed by atoms with Crippen LogP contribution in [0.2, 0.25) is 15.1 Å². The van der Waals surface area contributed by atoms with Gasteiger partial charge in [-0.15, -0.1) is 0 Å². The van der Waals surface area contributed by atoms with Crippen molar-refractivity contribution in [3.05, 3.63) is 93.4 Å². The molecule has 3 aromatic carbocycles. The van der Waals surface area contributed by atoms with Crippen LogP contribution in [0, 0.1) is 0 Å². The molecule has 208 valence electrons. The van der Waals surface area contributed by atoms with Crippen LogP contribution < -0.4 is 9.62 Å². The highest BCUT2D eigenvalue weighted by atomic mass is 35.5. The van der Waals surface area contributed by atoms with Gasteiger partial charge in [0.05, 0.1) is 20.6 Å². The average molecular weight is 611 g/mol. The average Bonchev–Trinajstić information content (AvgIpc) is 2.86. The van der Waals surface area contributed by atoms with E-state index in [2.05, 4.69) is 5.32 Å². The van der Waals surface area contributed by atoms with Gasteiger partial charge in [0.15, 0.2) is 0 Å². The molecule has 0 saturated carbocycles. The highest BCUT2D eigenvalue weighted by molar-refractivity contribution is 7.92. The van der Waals surface area contributed by atoms with Crippen molar-refractivity contribution in [2.75, 3.05) is 10.8 Å². The van der Waals surface area contributed by atoms with Crippen LogP contribution in [-0.4, -0.2) is 43.3 Å². The summed E-state index contributed by atoms with van der Waals surface area (Å²) in [6.45, 7) is 6.53. The second kappa shape index (κ2) is 12.6. The highest BCUT2D eigenvalue weighted by Gasteiger charge is 2.33. The molecule has 0 spiro atoms. The smallest absolute Gasteiger partial charge is 0.264 e. The minimum atomic E-state index is -4.20. The van der Waals surface area contributed by atoms with E-state index in [1.54, 1.807) is 49.4 Å². The van der Waals surface area contributed by atoms with E-state index in [4.69, 9.17) is 34.8 Å². The highest BCUT2D eigenvalue weighted by Crippen LogP contribution is 2.31. The number of hydrogen-bond donors (Lipinski definition) is 1. The van der Waals surface area contributed by atoms with Crippen LogP contribution in [0.1, 0.15) is 33.3 Å². The Morgan fingerprint density at radius 2 is 1.56 bits per heavy atom. The number of anilines is 1. The summed E-state index contributed by atoms with van der Waals surface area (Å²) in [5.41, 5.74) is 0.285. The quantitative estimate of drug-likeness (QED) is 0.314. The number of sulfonamides is 1. The third-order valence-corrected chi connectivity index (χ3v) is 8.47. The lowest BCUT2D eigenvalue weighted by atomic mass is 10.1. The van der Waals surface area contributed by atoms with Gasteiger partial charge in [0, 0.05) is 17.1 Å². The molecule has 39 heavy (non-hydrogen) atoms. The van der Waals surface area contributed by atoms with Crippen molar-refractivity contribution in [2.24, 2.45) is 0 Å². The zero-order valence-electron chi connectivity index (χ0n) is 22.0. The Morgan fingerprint density at radius 1 is 0.897 bits per heavy atom. The summed E-state index contributed by atoms with van der Waals surface area (Å²) in [7, 11) is -4.20. The molecular weight excluding hydrogens is 581 g/mol. The predicted octanol–water partition coefficient (Wildman–Crippen LogP) is 6.17. The number of benzene rings is 3. The summed E-state index contributed by atoms with van der Waals surface area (Å²) in [5.74, 6) is -0.984. The van der Waals surface area contributed by atoms with Gasteiger partial charge in [-0.3, -0.25) is 13.9 Å². The van der Waals surface area contributed by atoms with E-state index in [0.29, 0.717) is 10.6 Å². The number of nitrogens with one attached hydrogen (secondary N) is 1. The van der Waals surface area contributed by atoms with Gasteiger partial charge >= 0.3 is 0 Å². The Labute approximate surface area is 244 Å². The van der Waals surface area contributed by atoms with E-state index in [-0.39, 0.29) is 33.1 Å². The largest absolute Gasteiger partial charge is 0.350 e. The molecule has 3 aromatic rings. The van der Waals surface area contributed by atoms with E-state index in [1.165, 1.54) is 35.2 Å². The van der Waals surface area contributed by atoms with Gasteiger partial charge in [0.2, 0.25) is 11.8 Å². The van der Waals surface area contributed by atoms with Crippen LogP contribution >= 0.6 is 34.8 Å². The number of rotatable bonds is 9. The number of carbonyl (C=O) groups excluding carboxylic acids is 2. The molecule has 3 rings (SSSR count). The van der Waals surface area contributed by atoms with Gasteiger partial charge in [0.1, 0.15) is 12.6 Å². The Hall–Kier alpha value is -2.78. The normalized spacial score (nSPS) is 12.5. The number of amides is 2. The third-order valence-electron chi connectivity index (χ3n) is 5.71. The van der Waals surface area contributed by atoms with Gasteiger partial charge in [-0.1, -0.05) is 65.1 Å². The Bertz CT molecular complexity index is 1440. The predicted molar refractivity (Wildman–Crippen MR) is 157 cm³/mol. The lowest BCUT2D eigenvalue weighted by molar-refractivity contribution is -0.140. The van der Waals surface area contributed by atoms with E-state index in [1.807, 2.05) is 20.8 Å². The fraction of sp³-hybridized carbons (Fsp3) is 0.286. The van der Waals surface area contributed by atoms with Gasteiger partial charge < -0.3 is 10.2 Å². The first kappa shape index (κ1) is 30.8. The zero-order valence-corrected chi connectivity index (χ0v) is 25.1. The summed E-state index contributed by atoms with van der Waals surface area (Å²) in [6, 6.07) is 18.0. The molecule has 0 aliphatic carbocycles. The van der Waals surface area contributed by atoms with E-state index >= 15 is 0 Å². The summed E-state index contributed by atoms with van der Waals surface area (Å²) in [6.07, 6.45) is 0. The maximum Gasteiger partial charge on any atom is 0.264 e. The van der Waals surface area contributed by atoms with Crippen LogP contribution in [0.5, 0.6) is 0 Å². The minimum Gasteiger partial charge on any atom is -0.350 e. The van der Waals surface area contributed by atoms with Crippen molar-refractivity contribution >= 4 is 62.3 Å². The van der Waals surface area contributed by atoms with Crippen molar-refractivity contribution in [1.82, 2.24) is 10.2 Å². The molecule has 7 nitrogen and oxygen atoms in total. The molecular formula is C28H30Cl3N3O4S. The molecule has 0 saturated heterocycles. The molecule has 1 atom stereocenters. The van der Waals surface area contributed by atoms with Crippen LogP contribution in [0.3, 0.4) is 0 Å². The van der Waals surface area contributed by atoms with Gasteiger partial charge in [-0.25, -0.2) is 8.42 Å². The van der Waals surface area contributed by atoms with Crippen molar-refractivity contribution in [2.45, 2.75) is 50.7 Å². The van der Waals surface area contributed by atoms with Crippen LogP contribution in [-0.2, 0) is 26.2 Å². The molecule has 0 fully saturated rings. The van der Waals surface area contributed by atoms with Crippen molar-refractivity contribution in [3.63, 3.8) is 0 Å². The van der Waals surface area contributed by atoms with E-state index in [9.17, 15) is 18.0 Å². The second-order valence-corrected chi connectivity index (χ2v) is 13.1. The topological polar surface area (TPSA) is 86.8 Å². The Kier molecular flexibility index (Phi) is 9.93. The molecule has 0 aromatic heterocycles. The van der Waals surface area contributed by atoms with Gasteiger partial charge in [-0.2, -0.15) is 0 Å². The van der Waals surface area contributed by atoms with Crippen molar-refractivity contribution < 1.29 is 18.0 Å². The number of hydrogen-bond acceptors (Lipinski definition) is 4. The van der Waals surface area contributed by atoms with Crippen LogP contribution in [0.4, 0.5) is 5.69 Å². The molecule has 0 aliphatic rings. The maximum atomic E-state index is 13.9. The molecule has 2 amide bonds. The first-order valence-corrected chi connectivity index (χ1v) is 14.7. The molecule has 0 bridgehead atoms. The molecule has 0 unspecified atom stereocenters. The fourth-order valence-electron chi connectivity index (χ4n) is 3.78. The number of carbonyl (C=O) groups is 2. The molecule has 11 heteroatoms. The van der Waals surface area contributed by atoms with Crippen LogP contribution in [0.15, 0.2) is 77.7 Å². The fourth-order valence-corrected chi connectivity index (χ4v) is 5.71. The SMILES string of the molecule is C[C@H](C(=O)NC(C)(C)C)N(Cc1cccc(Cl)c1)C(=O)CN(c1ccc(Cl)c(Cl)c1)S(=O)(=O)c1ccccc1. The lowest BCUT2D eigenvalue weighted by Gasteiger charge is -2.33. The first-order chi connectivity index (χ1) is 18.2. The Morgan fingerprint density at radius 3 is 2.15 bits per heavy atom. The number of nitrogens with zero attached hydrogens (tertiary/aromatic N) is 2. The summed E-state index contributed by atoms with van der Waals surface area (Å²) in [4.78, 5) is 28.3. The maximum absolute atomic E-state index is 13.9. The second-order valence-electron chi connectivity index (χ2n) is 9.99.